The van der Waals surface area contributed by atoms with Gasteiger partial charge in [0.2, 0.25) is 0 Å². The molecular formula is C15H21NO. The SMILES string of the molecule is CC(C)C(=O)/C=C(/Nc1ccccc1)C(C)C. The molecule has 0 aliphatic heterocycles. The Morgan fingerprint density at radius 1 is 1.06 bits per heavy atom. The van der Waals surface area contributed by atoms with Crippen LogP contribution in [0.5, 0.6) is 0 Å². The Balaban J connectivity index is 2.84. The van der Waals surface area contributed by atoms with Crippen molar-refractivity contribution in [2.24, 2.45) is 11.8 Å². The standard InChI is InChI=1S/C15H21NO/c1-11(2)14(10-15(17)12(3)4)16-13-8-6-5-7-9-13/h5-12,16H,1-4H3/b14-10+. The van der Waals surface area contributed by atoms with Crippen LogP contribution >= 0.6 is 0 Å². The minimum absolute atomic E-state index is 0.0429. The number of ketones is 1. The zero-order valence-corrected chi connectivity index (χ0v) is 11.0. The smallest absolute Gasteiger partial charge is 0.159 e. The zero-order chi connectivity index (χ0) is 12.8. The van der Waals surface area contributed by atoms with Gasteiger partial charge in [0.1, 0.15) is 0 Å². The molecule has 0 amide bonds. The number of hydrogen-bond donors (Lipinski definition) is 1. The number of carbonyl (C=O) groups is 1. The molecule has 0 spiro atoms. The first kappa shape index (κ1) is 13.5. The van der Waals surface area contributed by atoms with E-state index >= 15 is 0 Å². The summed E-state index contributed by atoms with van der Waals surface area (Å²) in [5.74, 6) is 0.511. The van der Waals surface area contributed by atoms with Crippen LogP contribution in [-0.2, 0) is 4.79 Å². The summed E-state index contributed by atoms with van der Waals surface area (Å²) < 4.78 is 0. The molecule has 0 aliphatic carbocycles. The monoisotopic (exact) mass is 231 g/mol. The highest BCUT2D eigenvalue weighted by Gasteiger charge is 2.09. The molecule has 0 unspecified atom stereocenters. The zero-order valence-electron chi connectivity index (χ0n) is 11.0. The van der Waals surface area contributed by atoms with Crippen molar-refractivity contribution >= 4 is 11.5 Å². The third kappa shape index (κ3) is 4.43. The Labute approximate surface area is 104 Å². The first-order chi connectivity index (χ1) is 8.00. The summed E-state index contributed by atoms with van der Waals surface area (Å²) in [6.07, 6.45) is 1.72. The van der Waals surface area contributed by atoms with Crippen molar-refractivity contribution in [2.45, 2.75) is 27.7 Å². The summed E-state index contributed by atoms with van der Waals surface area (Å²) in [4.78, 5) is 11.7. The van der Waals surface area contributed by atoms with Crippen molar-refractivity contribution < 1.29 is 4.79 Å². The molecule has 0 bridgehead atoms. The lowest BCUT2D eigenvalue weighted by atomic mass is 10.0. The second-order valence-electron chi connectivity index (χ2n) is 4.80. The normalized spacial score (nSPS) is 12.0. The van der Waals surface area contributed by atoms with Crippen molar-refractivity contribution in [2.75, 3.05) is 5.32 Å². The molecule has 0 heterocycles. The highest BCUT2D eigenvalue weighted by atomic mass is 16.1. The predicted molar refractivity (Wildman–Crippen MR) is 72.8 cm³/mol. The van der Waals surface area contributed by atoms with E-state index in [4.69, 9.17) is 0 Å². The van der Waals surface area contributed by atoms with Crippen LogP contribution in [0.1, 0.15) is 27.7 Å². The van der Waals surface area contributed by atoms with Crippen LogP contribution in [0.2, 0.25) is 0 Å². The summed E-state index contributed by atoms with van der Waals surface area (Å²) >= 11 is 0. The van der Waals surface area contributed by atoms with Crippen LogP contribution in [0.15, 0.2) is 42.1 Å². The van der Waals surface area contributed by atoms with E-state index in [-0.39, 0.29) is 11.7 Å². The molecule has 0 aliphatic rings. The second kappa shape index (κ2) is 6.24. The van der Waals surface area contributed by atoms with Gasteiger partial charge in [-0.15, -0.1) is 0 Å². The number of allylic oxidation sites excluding steroid dienone is 2. The number of anilines is 1. The molecule has 1 rings (SSSR count). The average Bonchev–Trinajstić information content (AvgIpc) is 2.29. The third-order valence-corrected chi connectivity index (χ3v) is 2.55. The minimum Gasteiger partial charge on any atom is -0.359 e. The summed E-state index contributed by atoms with van der Waals surface area (Å²) in [6, 6.07) is 9.92. The molecule has 0 fully saturated rings. The van der Waals surface area contributed by atoms with Crippen LogP contribution < -0.4 is 5.32 Å². The Kier molecular flexibility index (Phi) is 4.95. The summed E-state index contributed by atoms with van der Waals surface area (Å²) in [5.41, 5.74) is 1.99. The van der Waals surface area contributed by atoms with Gasteiger partial charge < -0.3 is 5.32 Å². The van der Waals surface area contributed by atoms with Gasteiger partial charge in [-0.1, -0.05) is 45.9 Å². The Morgan fingerprint density at radius 2 is 1.65 bits per heavy atom. The Morgan fingerprint density at radius 3 is 2.12 bits per heavy atom. The largest absolute Gasteiger partial charge is 0.359 e. The molecule has 1 aromatic carbocycles. The summed E-state index contributed by atoms with van der Waals surface area (Å²) in [7, 11) is 0. The number of hydrogen-bond acceptors (Lipinski definition) is 2. The maximum atomic E-state index is 11.7. The van der Waals surface area contributed by atoms with Gasteiger partial charge in [0.15, 0.2) is 5.78 Å². The van der Waals surface area contributed by atoms with E-state index in [1.165, 1.54) is 0 Å². The van der Waals surface area contributed by atoms with Gasteiger partial charge in [0.05, 0.1) is 0 Å². The van der Waals surface area contributed by atoms with Gasteiger partial charge in [-0.2, -0.15) is 0 Å². The molecule has 1 aromatic rings. The van der Waals surface area contributed by atoms with E-state index in [2.05, 4.69) is 19.2 Å². The lowest BCUT2D eigenvalue weighted by Gasteiger charge is -2.15. The highest BCUT2D eigenvalue weighted by Crippen LogP contribution is 2.16. The van der Waals surface area contributed by atoms with E-state index in [1.807, 2.05) is 44.2 Å². The molecule has 92 valence electrons. The number of nitrogens with one attached hydrogen (secondary N) is 1. The molecule has 2 heteroatoms. The van der Waals surface area contributed by atoms with Gasteiger partial charge in [-0.3, -0.25) is 4.79 Å². The van der Waals surface area contributed by atoms with E-state index in [9.17, 15) is 4.79 Å². The summed E-state index contributed by atoms with van der Waals surface area (Å²) in [5, 5.41) is 3.30. The van der Waals surface area contributed by atoms with Crippen LogP contribution in [0.4, 0.5) is 5.69 Å². The number of para-hydroxylation sites is 1. The van der Waals surface area contributed by atoms with Crippen molar-refractivity contribution in [3.8, 4) is 0 Å². The molecule has 2 nitrogen and oxygen atoms in total. The number of rotatable bonds is 5. The van der Waals surface area contributed by atoms with Crippen LogP contribution in [0.25, 0.3) is 0 Å². The van der Waals surface area contributed by atoms with Crippen LogP contribution in [0, 0.1) is 11.8 Å². The fourth-order valence-corrected chi connectivity index (χ4v) is 1.36. The fraction of sp³-hybridized carbons (Fsp3) is 0.400. The van der Waals surface area contributed by atoms with Crippen molar-refractivity contribution in [3.63, 3.8) is 0 Å². The quantitative estimate of drug-likeness (QED) is 0.779. The van der Waals surface area contributed by atoms with Gasteiger partial charge in [0, 0.05) is 23.4 Å². The highest BCUT2D eigenvalue weighted by molar-refractivity contribution is 5.92. The van der Waals surface area contributed by atoms with E-state index in [0.717, 1.165) is 11.4 Å². The van der Waals surface area contributed by atoms with Gasteiger partial charge >= 0.3 is 0 Å². The number of benzene rings is 1. The maximum Gasteiger partial charge on any atom is 0.159 e. The van der Waals surface area contributed by atoms with Crippen molar-refractivity contribution in [3.05, 3.63) is 42.1 Å². The molecule has 0 saturated heterocycles. The molecule has 1 N–H and O–H groups in total. The van der Waals surface area contributed by atoms with Crippen LogP contribution in [-0.4, -0.2) is 5.78 Å². The molecule has 0 radical (unpaired) electrons. The van der Waals surface area contributed by atoms with Gasteiger partial charge in [-0.05, 0) is 18.1 Å². The fourth-order valence-electron chi connectivity index (χ4n) is 1.36. The van der Waals surface area contributed by atoms with E-state index < -0.39 is 0 Å². The summed E-state index contributed by atoms with van der Waals surface area (Å²) in [6.45, 7) is 7.99. The number of carbonyl (C=O) groups excluding carboxylic acids is 1. The maximum absolute atomic E-state index is 11.7. The molecular weight excluding hydrogens is 210 g/mol. The first-order valence-electron chi connectivity index (χ1n) is 6.08. The van der Waals surface area contributed by atoms with Gasteiger partial charge in [0.25, 0.3) is 0 Å². The molecule has 0 atom stereocenters. The Bertz CT molecular complexity index is 391. The van der Waals surface area contributed by atoms with Gasteiger partial charge in [-0.25, -0.2) is 0 Å². The second-order valence-corrected chi connectivity index (χ2v) is 4.80. The molecule has 0 aromatic heterocycles. The topological polar surface area (TPSA) is 29.1 Å². The van der Waals surface area contributed by atoms with Crippen molar-refractivity contribution in [1.29, 1.82) is 0 Å². The van der Waals surface area contributed by atoms with E-state index in [1.54, 1.807) is 6.08 Å². The third-order valence-electron chi connectivity index (χ3n) is 2.55. The van der Waals surface area contributed by atoms with E-state index in [0.29, 0.717) is 5.92 Å². The molecule has 17 heavy (non-hydrogen) atoms. The minimum atomic E-state index is 0.0429. The lowest BCUT2D eigenvalue weighted by Crippen LogP contribution is -2.11. The van der Waals surface area contributed by atoms with Crippen molar-refractivity contribution in [1.82, 2.24) is 0 Å². The predicted octanol–water partition coefficient (Wildman–Crippen LogP) is 3.86. The molecule has 0 saturated carbocycles. The average molecular weight is 231 g/mol. The van der Waals surface area contributed by atoms with Crippen LogP contribution in [0.3, 0.4) is 0 Å². The Hall–Kier alpha value is -1.57. The first-order valence-corrected chi connectivity index (χ1v) is 6.08. The lowest BCUT2D eigenvalue weighted by molar-refractivity contribution is -0.117.